The summed E-state index contributed by atoms with van der Waals surface area (Å²) in [6.07, 6.45) is 6.22. The Labute approximate surface area is 571 Å². The SMILES string of the molecule is COc1c2ccccc2c(-c2ccc(C34CC5(c6ccc(-c7c8ccccc8c(OC)c8ccccc78)cc6)CC(c6ccc(-c7c8ccccc8c(OC)c8ccccc78)cc6)(C3)CC(c3ccc(-c6c7ccccc7c(OC)c7ccccc67)cc3)(C4)C5)cc2)c2ccccc12. The molecule has 4 aliphatic carbocycles. The van der Waals surface area contributed by atoms with E-state index in [2.05, 4.69) is 291 Å². The first-order valence-electron chi connectivity index (χ1n) is 34.6. The number of hydrogen-bond acceptors (Lipinski definition) is 4. The maximum absolute atomic E-state index is 6.23. The highest BCUT2D eigenvalue weighted by Gasteiger charge is 2.69. The van der Waals surface area contributed by atoms with Gasteiger partial charge in [-0.25, -0.2) is 0 Å². The van der Waals surface area contributed by atoms with E-state index in [-0.39, 0.29) is 21.7 Å². The molecule has 16 aromatic carbocycles. The number of rotatable bonds is 12. The van der Waals surface area contributed by atoms with Gasteiger partial charge in [0.05, 0.1) is 28.4 Å². The van der Waals surface area contributed by atoms with Crippen molar-refractivity contribution in [3.63, 3.8) is 0 Å². The summed E-state index contributed by atoms with van der Waals surface area (Å²) in [4.78, 5) is 0. The van der Waals surface area contributed by atoms with Crippen LogP contribution in [0.15, 0.2) is 291 Å². The monoisotopic (exact) mass is 1260 g/mol. The van der Waals surface area contributed by atoms with Gasteiger partial charge in [0.15, 0.2) is 0 Å². The van der Waals surface area contributed by atoms with Gasteiger partial charge in [0, 0.05) is 43.1 Å². The van der Waals surface area contributed by atoms with Crippen molar-refractivity contribution in [1.82, 2.24) is 0 Å². The standard InChI is InChI=1S/C94H72O4/c1-95-87-75-29-13-5-21-67(75)83(68-22-6-14-30-76(68)87)59-37-45-63(46-38-59)91-53-92(64-47-39-60(40-48-64)84-69-23-7-15-31-77(69)88(96-2)78-32-16-8-24-70(78)84)56-93(54-91,65-49-41-61(42-50-65)85-71-25-9-17-33-79(71)89(97-3)80-34-18-10-26-72(80)85)58-94(55-91,57-92)66-51-43-62(44-52-66)86-73-27-11-19-35-81(73)90(98-4)82-36-20-12-28-74(82)86/h5-52H,53-58H2,1-4H3. The molecule has 0 amide bonds. The van der Waals surface area contributed by atoms with E-state index in [0.717, 1.165) is 105 Å². The van der Waals surface area contributed by atoms with E-state index >= 15 is 0 Å². The smallest absolute Gasteiger partial charge is 0.134 e. The minimum Gasteiger partial charge on any atom is -0.495 e. The maximum Gasteiger partial charge on any atom is 0.134 e. The van der Waals surface area contributed by atoms with Crippen LogP contribution in [0.1, 0.15) is 60.8 Å². The molecule has 472 valence electrons. The predicted molar refractivity (Wildman–Crippen MR) is 408 cm³/mol. The number of methoxy groups -OCH3 is 4. The number of hydrogen-bond donors (Lipinski definition) is 0. The molecule has 0 heterocycles. The zero-order valence-corrected chi connectivity index (χ0v) is 55.6. The molecule has 4 nitrogen and oxygen atoms in total. The topological polar surface area (TPSA) is 36.9 Å². The quantitative estimate of drug-likeness (QED) is 0.114. The van der Waals surface area contributed by atoms with Gasteiger partial charge in [-0.1, -0.05) is 291 Å². The van der Waals surface area contributed by atoms with Gasteiger partial charge in [-0.15, -0.1) is 0 Å². The van der Waals surface area contributed by atoms with Crippen LogP contribution in [0.25, 0.3) is 131 Å². The average molecular weight is 1270 g/mol. The number of benzene rings is 16. The summed E-state index contributed by atoms with van der Waals surface area (Å²) < 4.78 is 24.9. The van der Waals surface area contributed by atoms with Crippen LogP contribution in [-0.2, 0) is 21.7 Å². The van der Waals surface area contributed by atoms with E-state index in [9.17, 15) is 0 Å². The molecule has 4 aliphatic rings. The Morgan fingerprint density at radius 3 is 0.439 bits per heavy atom. The van der Waals surface area contributed by atoms with E-state index in [1.807, 2.05) is 0 Å². The summed E-state index contributed by atoms with van der Waals surface area (Å²) in [6, 6.07) is 110. The highest BCUT2D eigenvalue weighted by Crippen LogP contribution is 2.75. The predicted octanol–water partition coefficient (Wildman–Crippen LogP) is 24.0. The Morgan fingerprint density at radius 2 is 0.306 bits per heavy atom. The van der Waals surface area contributed by atoms with Crippen molar-refractivity contribution >= 4 is 86.2 Å². The van der Waals surface area contributed by atoms with Crippen LogP contribution in [0.5, 0.6) is 23.0 Å². The van der Waals surface area contributed by atoms with Gasteiger partial charge in [0.25, 0.3) is 0 Å². The van der Waals surface area contributed by atoms with E-state index in [4.69, 9.17) is 18.9 Å². The first-order chi connectivity index (χ1) is 48.3. The maximum atomic E-state index is 6.23. The van der Waals surface area contributed by atoms with Crippen LogP contribution >= 0.6 is 0 Å². The molecule has 4 bridgehead atoms. The molecule has 20 rings (SSSR count). The third-order valence-corrected chi connectivity index (χ3v) is 23.5. The Morgan fingerprint density at radius 1 is 0.173 bits per heavy atom. The lowest BCUT2D eigenvalue weighted by Gasteiger charge is -2.71. The molecule has 0 saturated heterocycles. The lowest BCUT2D eigenvalue weighted by molar-refractivity contribution is -0.0691. The molecule has 0 atom stereocenters. The first-order valence-corrected chi connectivity index (χ1v) is 34.6. The number of ether oxygens (including phenoxy) is 4. The fourth-order valence-electron chi connectivity index (χ4n) is 20.3. The molecule has 0 radical (unpaired) electrons. The molecule has 4 saturated carbocycles. The summed E-state index contributed by atoms with van der Waals surface area (Å²) >= 11 is 0. The van der Waals surface area contributed by atoms with Crippen molar-refractivity contribution < 1.29 is 18.9 Å². The van der Waals surface area contributed by atoms with Crippen LogP contribution in [0.4, 0.5) is 0 Å². The van der Waals surface area contributed by atoms with Crippen molar-refractivity contribution in [3.05, 3.63) is 313 Å². The largest absolute Gasteiger partial charge is 0.495 e. The minimum atomic E-state index is -0.222. The molecular weight excluding hydrogens is 1190 g/mol. The van der Waals surface area contributed by atoms with Gasteiger partial charge in [0.1, 0.15) is 23.0 Å². The van der Waals surface area contributed by atoms with E-state index in [1.165, 1.54) is 110 Å². The molecule has 0 unspecified atom stereocenters. The van der Waals surface area contributed by atoms with Gasteiger partial charge in [-0.3, -0.25) is 0 Å². The van der Waals surface area contributed by atoms with E-state index in [0.29, 0.717) is 0 Å². The van der Waals surface area contributed by atoms with Crippen molar-refractivity contribution in [2.24, 2.45) is 0 Å². The van der Waals surface area contributed by atoms with Crippen LogP contribution in [0.2, 0.25) is 0 Å². The van der Waals surface area contributed by atoms with Crippen molar-refractivity contribution in [1.29, 1.82) is 0 Å². The fraction of sp³-hybridized carbons (Fsp3) is 0.149. The molecule has 0 spiro atoms. The second-order valence-electron chi connectivity index (χ2n) is 28.5. The minimum absolute atomic E-state index is 0.222. The van der Waals surface area contributed by atoms with Crippen LogP contribution < -0.4 is 18.9 Å². The zero-order chi connectivity index (χ0) is 65.5. The Hall–Kier alpha value is -11.2. The highest BCUT2D eigenvalue weighted by molar-refractivity contribution is 6.20. The van der Waals surface area contributed by atoms with Gasteiger partial charge in [-0.05, 0) is 170 Å². The lowest BCUT2D eigenvalue weighted by Crippen LogP contribution is -2.67. The molecule has 98 heavy (non-hydrogen) atoms. The lowest BCUT2D eigenvalue weighted by atomic mass is 9.32. The summed E-state index contributed by atoms with van der Waals surface area (Å²) in [7, 11) is 7.21. The molecule has 4 fully saturated rings. The van der Waals surface area contributed by atoms with Gasteiger partial charge >= 0.3 is 0 Å². The second-order valence-corrected chi connectivity index (χ2v) is 28.5. The van der Waals surface area contributed by atoms with Gasteiger partial charge in [-0.2, -0.15) is 0 Å². The summed E-state index contributed by atoms with van der Waals surface area (Å²) in [5, 5.41) is 18.5. The third-order valence-electron chi connectivity index (χ3n) is 23.5. The Kier molecular flexibility index (Phi) is 13.2. The average Bonchev–Trinajstić information content (AvgIpc) is 0.664. The summed E-state index contributed by atoms with van der Waals surface area (Å²) in [5.41, 5.74) is 14.6. The summed E-state index contributed by atoms with van der Waals surface area (Å²) in [6.45, 7) is 0. The number of fused-ring (bicyclic) bond motifs is 8. The van der Waals surface area contributed by atoms with Crippen molar-refractivity contribution in [2.75, 3.05) is 28.4 Å². The molecule has 0 aromatic heterocycles. The Balaban J connectivity index is 0.832. The molecule has 0 N–H and O–H groups in total. The van der Waals surface area contributed by atoms with Crippen LogP contribution in [-0.4, -0.2) is 28.4 Å². The molecule has 0 aliphatic heterocycles. The zero-order valence-electron chi connectivity index (χ0n) is 55.6. The highest BCUT2D eigenvalue weighted by atomic mass is 16.5. The molecule has 16 aromatic rings. The fourth-order valence-corrected chi connectivity index (χ4v) is 20.3. The van der Waals surface area contributed by atoms with E-state index in [1.54, 1.807) is 28.4 Å². The van der Waals surface area contributed by atoms with Crippen molar-refractivity contribution in [3.8, 4) is 67.5 Å². The second kappa shape index (κ2) is 22.2. The van der Waals surface area contributed by atoms with Gasteiger partial charge in [0.2, 0.25) is 0 Å². The molecular formula is C94H72O4. The molecule has 4 heteroatoms. The normalized spacial score (nSPS) is 19.6. The van der Waals surface area contributed by atoms with Crippen LogP contribution in [0, 0.1) is 0 Å². The summed E-state index contributed by atoms with van der Waals surface area (Å²) in [5.74, 6) is 3.67. The Bertz CT molecular complexity index is 4930. The first kappa shape index (κ1) is 58.2. The van der Waals surface area contributed by atoms with Crippen LogP contribution in [0.3, 0.4) is 0 Å². The van der Waals surface area contributed by atoms with E-state index < -0.39 is 0 Å². The van der Waals surface area contributed by atoms with Gasteiger partial charge < -0.3 is 18.9 Å². The third kappa shape index (κ3) is 8.49. The van der Waals surface area contributed by atoms with Crippen molar-refractivity contribution in [2.45, 2.75) is 60.2 Å².